The van der Waals surface area contributed by atoms with E-state index < -0.39 is 17.8 Å². The van der Waals surface area contributed by atoms with Crippen LogP contribution >= 0.6 is 0 Å². The van der Waals surface area contributed by atoms with Crippen molar-refractivity contribution in [3.8, 4) is 0 Å². The van der Waals surface area contributed by atoms with Crippen molar-refractivity contribution in [1.82, 2.24) is 0 Å². The largest absolute Gasteiger partial charge is 0.481 e. The maximum Gasteiger partial charge on any atom is 0.307 e. The van der Waals surface area contributed by atoms with Gasteiger partial charge >= 0.3 is 5.97 Å². The Balaban J connectivity index is 2.99. The minimum Gasteiger partial charge on any atom is -0.481 e. The van der Waals surface area contributed by atoms with Crippen LogP contribution in [0.1, 0.15) is 17.2 Å². The molecule has 0 aliphatic rings. The van der Waals surface area contributed by atoms with Gasteiger partial charge in [-0.05, 0) is 11.6 Å². The number of halogens is 1. The van der Waals surface area contributed by atoms with Crippen LogP contribution in [0.4, 0.5) is 4.39 Å². The van der Waals surface area contributed by atoms with Gasteiger partial charge in [0.2, 0.25) is 0 Å². The van der Waals surface area contributed by atoms with Crippen molar-refractivity contribution in [2.75, 3.05) is 6.61 Å². The summed E-state index contributed by atoms with van der Waals surface area (Å²) in [6.45, 7) is -0.382. The minimum absolute atomic E-state index is 0.135. The maximum atomic E-state index is 13.2. The maximum absolute atomic E-state index is 13.2. The molecule has 0 spiro atoms. The quantitative estimate of drug-likeness (QED) is 0.677. The summed E-state index contributed by atoms with van der Waals surface area (Å²) in [4.78, 5) is 10.4. The molecule has 82 valence electrons. The lowest BCUT2D eigenvalue weighted by Crippen LogP contribution is -2.16. The molecule has 0 radical (unpaired) electrons. The van der Waals surface area contributed by atoms with Gasteiger partial charge in [0.15, 0.2) is 0 Å². The van der Waals surface area contributed by atoms with Crippen molar-refractivity contribution < 1.29 is 19.4 Å². The van der Waals surface area contributed by atoms with Gasteiger partial charge in [-0.3, -0.25) is 4.79 Å². The third-order valence-corrected chi connectivity index (χ3v) is 2.01. The standard InChI is InChI=1S/C10H12FNO3/c11-8-2-1-6(4-10(14)15)3-7(8)9(12)5-13/h1-3,9,13H,4-5,12H2,(H,14,15)/t9-/m1/s1. The number of hydrogen-bond donors (Lipinski definition) is 3. The number of benzene rings is 1. The van der Waals surface area contributed by atoms with Crippen molar-refractivity contribution in [2.45, 2.75) is 12.5 Å². The highest BCUT2D eigenvalue weighted by atomic mass is 19.1. The molecule has 0 unspecified atom stereocenters. The summed E-state index contributed by atoms with van der Waals surface area (Å²) >= 11 is 0. The Labute approximate surface area is 86.1 Å². The number of aliphatic carboxylic acids is 1. The van der Waals surface area contributed by atoms with E-state index in [1.165, 1.54) is 12.1 Å². The fraction of sp³-hybridized carbons (Fsp3) is 0.300. The Kier molecular flexibility index (Phi) is 3.76. The molecule has 0 bridgehead atoms. The van der Waals surface area contributed by atoms with E-state index in [1.807, 2.05) is 0 Å². The first-order valence-electron chi connectivity index (χ1n) is 4.41. The highest BCUT2D eigenvalue weighted by molar-refractivity contribution is 5.70. The molecule has 0 fully saturated rings. The van der Waals surface area contributed by atoms with E-state index in [2.05, 4.69) is 0 Å². The van der Waals surface area contributed by atoms with Crippen molar-refractivity contribution >= 4 is 5.97 Å². The molecule has 0 saturated carbocycles. The molecule has 4 N–H and O–H groups in total. The monoisotopic (exact) mass is 213 g/mol. The first-order chi connectivity index (χ1) is 7.04. The van der Waals surface area contributed by atoms with E-state index in [0.717, 1.165) is 6.07 Å². The molecule has 0 aromatic heterocycles. The summed E-state index contributed by atoms with van der Waals surface area (Å²) in [6.07, 6.45) is -0.189. The van der Waals surface area contributed by atoms with Crippen LogP contribution in [0.2, 0.25) is 0 Å². The van der Waals surface area contributed by atoms with E-state index in [0.29, 0.717) is 5.56 Å². The number of carboxylic acids is 1. The second-order valence-electron chi connectivity index (χ2n) is 3.22. The van der Waals surface area contributed by atoms with Crippen LogP contribution in [-0.4, -0.2) is 22.8 Å². The van der Waals surface area contributed by atoms with Crippen molar-refractivity contribution in [3.05, 3.63) is 35.1 Å². The molecule has 1 rings (SSSR count). The predicted molar refractivity (Wildman–Crippen MR) is 51.8 cm³/mol. The van der Waals surface area contributed by atoms with Gasteiger partial charge in [-0.2, -0.15) is 0 Å². The summed E-state index contributed by atoms with van der Waals surface area (Å²) in [6, 6.07) is 3.09. The third-order valence-electron chi connectivity index (χ3n) is 2.01. The lowest BCUT2D eigenvalue weighted by Gasteiger charge is -2.10. The van der Waals surface area contributed by atoms with Gasteiger partial charge < -0.3 is 15.9 Å². The van der Waals surface area contributed by atoms with Gasteiger partial charge in [-0.1, -0.05) is 12.1 Å². The van der Waals surface area contributed by atoms with Crippen LogP contribution in [0.25, 0.3) is 0 Å². The number of carbonyl (C=O) groups is 1. The summed E-state index contributed by atoms with van der Waals surface area (Å²) in [5.74, 6) is -1.53. The van der Waals surface area contributed by atoms with Crippen LogP contribution < -0.4 is 5.73 Å². The van der Waals surface area contributed by atoms with E-state index in [1.54, 1.807) is 0 Å². The summed E-state index contributed by atoms with van der Waals surface area (Å²) in [5.41, 5.74) is 6.05. The van der Waals surface area contributed by atoms with Gasteiger partial charge in [0, 0.05) is 5.56 Å². The molecular formula is C10H12FNO3. The van der Waals surface area contributed by atoms with Crippen LogP contribution in [0, 0.1) is 5.82 Å². The fourth-order valence-corrected chi connectivity index (χ4v) is 1.26. The number of rotatable bonds is 4. The second-order valence-corrected chi connectivity index (χ2v) is 3.22. The van der Waals surface area contributed by atoms with Crippen molar-refractivity contribution in [3.63, 3.8) is 0 Å². The first kappa shape index (κ1) is 11.6. The van der Waals surface area contributed by atoms with Gasteiger partial charge in [-0.15, -0.1) is 0 Å². The fourth-order valence-electron chi connectivity index (χ4n) is 1.26. The molecule has 0 amide bonds. The van der Waals surface area contributed by atoms with E-state index >= 15 is 0 Å². The van der Waals surface area contributed by atoms with Crippen molar-refractivity contribution in [1.29, 1.82) is 0 Å². The summed E-state index contributed by atoms with van der Waals surface area (Å²) in [5, 5.41) is 17.3. The molecular weight excluding hydrogens is 201 g/mol. The van der Waals surface area contributed by atoms with Crippen molar-refractivity contribution in [2.24, 2.45) is 5.73 Å². The van der Waals surface area contributed by atoms with Crippen LogP contribution in [0.3, 0.4) is 0 Å². The summed E-state index contributed by atoms with van der Waals surface area (Å²) < 4.78 is 13.2. The molecule has 0 aliphatic carbocycles. The highest BCUT2D eigenvalue weighted by Gasteiger charge is 2.12. The first-order valence-corrected chi connectivity index (χ1v) is 4.41. The Morgan fingerprint density at radius 2 is 2.20 bits per heavy atom. The molecule has 4 nitrogen and oxygen atoms in total. The normalized spacial score (nSPS) is 12.5. The number of carboxylic acid groups (broad SMARTS) is 1. The van der Waals surface area contributed by atoms with E-state index in [4.69, 9.17) is 15.9 Å². The highest BCUT2D eigenvalue weighted by Crippen LogP contribution is 2.17. The minimum atomic E-state index is -0.995. The number of hydrogen-bond acceptors (Lipinski definition) is 3. The molecule has 0 aliphatic heterocycles. The van der Waals surface area contributed by atoms with Gasteiger partial charge in [0.25, 0.3) is 0 Å². The zero-order valence-corrected chi connectivity index (χ0v) is 7.98. The summed E-state index contributed by atoms with van der Waals surface area (Å²) in [7, 11) is 0. The molecule has 1 atom stereocenters. The van der Waals surface area contributed by atoms with Gasteiger partial charge in [0.05, 0.1) is 19.1 Å². The molecule has 1 aromatic rings. The van der Waals surface area contributed by atoms with Gasteiger partial charge in [0.1, 0.15) is 5.82 Å². The topological polar surface area (TPSA) is 83.5 Å². The Morgan fingerprint density at radius 3 is 2.73 bits per heavy atom. The Bertz CT molecular complexity index is 368. The molecule has 0 saturated heterocycles. The Hall–Kier alpha value is -1.46. The third kappa shape index (κ3) is 3.00. The lowest BCUT2D eigenvalue weighted by molar-refractivity contribution is -0.136. The SMILES string of the molecule is N[C@H](CO)c1cc(CC(=O)O)ccc1F. The van der Waals surface area contributed by atoms with Crippen LogP contribution in [0.5, 0.6) is 0 Å². The average Bonchev–Trinajstić information content (AvgIpc) is 2.19. The zero-order valence-electron chi connectivity index (χ0n) is 7.98. The number of aliphatic hydroxyl groups excluding tert-OH is 1. The van der Waals surface area contributed by atoms with E-state index in [9.17, 15) is 9.18 Å². The average molecular weight is 213 g/mol. The lowest BCUT2D eigenvalue weighted by atomic mass is 10.0. The molecule has 5 heteroatoms. The smallest absolute Gasteiger partial charge is 0.307 e. The number of aliphatic hydroxyl groups is 1. The van der Waals surface area contributed by atoms with Crippen LogP contribution in [-0.2, 0) is 11.2 Å². The zero-order chi connectivity index (χ0) is 11.4. The van der Waals surface area contributed by atoms with Crippen LogP contribution in [0.15, 0.2) is 18.2 Å². The Morgan fingerprint density at radius 1 is 1.53 bits per heavy atom. The van der Waals surface area contributed by atoms with Gasteiger partial charge in [-0.25, -0.2) is 4.39 Å². The molecule has 1 aromatic carbocycles. The number of nitrogens with two attached hydrogens (primary N) is 1. The van der Waals surface area contributed by atoms with E-state index in [-0.39, 0.29) is 18.6 Å². The molecule has 0 heterocycles. The predicted octanol–water partition coefficient (Wildman–Crippen LogP) is 0.445. The second kappa shape index (κ2) is 4.86. The molecule has 15 heavy (non-hydrogen) atoms.